The molecule has 0 fully saturated rings. The Morgan fingerprint density at radius 2 is 1.76 bits per heavy atom. The van der Waals surface area contributed by atoms with Gasteiger partial charge in [-0.05, 0) is 31.6 Å². The summed E-state index contributed by atoms with van der Waals surface area (Å²) in [4.78, 5) is 0. The van der Waals surface area contributed by atoms with E-state index in [0.29, 0.717) is 6.42 Å². The smallest absolute Gasteiger partial charge is 0.0663 e. The van der Waals surface area contributed by atoms with Gasteiger partial charge in [0.1, 0.15) is 0 Å². The van der Waals surface area contributed by atoms with E-state index in [1.807, 2.05) is 0 Å². The van der Waals surface area contributed by atoms with Crippen LogP contribution >= 0.6 is 0 Å². The lowest BCUT2D eigenvalue weighted by Crippen LogP contribution is -1.97. The molecule has 0 rings (SSSR count). The lowest BCUT2D eigenvalue weighted by Gasteiger charge is -2.12. The van der Waals surface area contributed by atoms with E-state index in [9.17, 15) is 0 Å². The van der Waals surface area contributed by atoms with Crippen molar-refractivity contribution in [3.63, 3.8) is 0 Å². The molecule has 17 heavy (non-hydrogen) atoms. The summed E-state index contributed by atoms with van der Waals surface area (Å²) in [6.45, 7) is 9.11. The van der Waals surface area contributed by atoms with Crippen LogP contribution in [0.3, 0.4) is 0 Å². The number of nitriles is 1. The molecule has 0 saturated carbocycles. The van der Waals surface area contributed by atoms with Crippen molar-refractivity contribution in [2.45, 2.75) is 72.6 Å². The maximum atomic E-state index is 8.48. The molecule has 0 aromatic carbocycles. The van der Waals surface area contributed by atoms with Gasteiger partial charge in [0, 0.05) is 0 Å². The average molecular weight is 235 g/mol. The number of nitrogens with zero attached hydrogens (tertiary/aromatic N) is 1. The van der Waals surface area contributed by atoms with Crippen LogP contribution in [0.1, 0.15) is 72.6 Å². The first kappa shape index (κ1) is 16.2. The Morgan fingerprint density at radius 1 is 1.12 bits per heavy atom. The number of hydrogen-bond acceptors (Lipinski definition) is 1. The maximum absolute atomic E-state index is 8.48. The average Bonchev–Trinajstić information content (AvgIpc) is 2.25. The van der Waals surface area contributed by atoms with Gasteiger partial charge in [0.15, 0.2) is 0 Å². The summed E-state index contributed by atoms with van der Waals surface area (Å²) in [5.41, 5.74) is 1.38. The largest absolute Gasteiger partial charge is 0.198 e. The van der Waals surface area contributed by atoms with Crippen molar-refractivity contribution < 1.29 is 0 Å². The predicted octanol–water partition coefficient (Wildman–Crippen LogP) is 5.48. The van der Waals surface area contributed by atoms with Gasteiger partial charge in [-0.25, -0.2) is 0 Å². The van der Waals surface area contributed by atoms with Gasteiger partial charge in [-0.2, -0.15) is 5.26 Å². The van der Waals surface area contributed by atoms with Gasteiger partial charge in [0.2, 0.25) is 0 Å². The molecular formula is C16H29N. The van der Waals surface area contributed by atoms with Gasteiger partial charge in [-0.3, -0.25) is 0 Å². The quantitative estimate of drug-likeness (QED) is 0.485. The van der Waals surface area contributed by atoms with E-state index in [1.54, 1.807) is 0 Å². The summed E-state index contributed by atoms with van der Waals surface area (Å²) >= 11 is 0. The summed E-state index contributed by atoms with van der Waals surface area (Å²) in [6.07, 6.45) is 10.5. The predicted molar refractivity (Wildman–Crippen MR) is 75.7 cm³/mol. The third-order valence-corrected chi connectivity index (χ3v) is 3.29. The van der Waals surface area contributed by atoms with Crippen molar-refractivity contribution in [1.29, 1.82) is 5.26 Å². The molecule has 1 nitrogen and oxygen atoms in total. The fourth-order valence-electron chi connectivity index (χ4n) is 2.07. The Bertz CT molecular complexity index is 245. The van der Waals surface area contributed by atoms with Crippen LogP contribution in [0.15, 0.2) is 11.6 Å². The normalized spacial score (nSPS) is 13.8. The van der Waals surface area contributed by atoms with E-state index in [4.69, 9.17) is 5.26 Å². The highest BCUT2D eigenvalue weighted by Gasteiger charge is 2.03. The van der Waals surface area contributed by atoms with Crippen molar-refractivity contribution in [3.05, 3.63) is 11.6 Å². The van der Waals surface area contributed by atoms with Gasteiger partial charge in [0.25, 0.3) is 0 Å². The number of allylic oxidation sites excluding steroid dienone is 2. The minimum atomic E-state index is 0.565. The summed E-state index contributed by atoms with van der Waals surface area (Å²) in [5, 5.41) is 8.48. The summed E-state index contributed by atoms with van der Waals surface area (Å²) in [7, 11) is 0. The van der Waals surface area contributed by atoms with E-state index in [1.165, 1.54) is 37.7 Å². The molecule has 0 radical (unpaired) electrons. The van der Waals surface area contributed by atoms with Crippen molar-refractivity contribution in [2.75, 3.05) is 0 Å². The van der Waals surface area contributed by atoms with Crippen LogP contribution in [0.25, 0.3) is 0 Å². The van der Waals surface area contributed by atoms with Crippen molar-refractivity contribution >= 4 is 0 Å². The van der Waals surface area contributed by atoms with Crippen LogP contribution in [-0.4, -0.2) is 0 Å². The topological polar surface area (TPSA) is 23.8 Å². The van der Waals surface area contributed by atoms with E-state index in [2.05, 4.69) is 39.8 Å². The summed E-state index contributed by atoms with van der Waals surface area (Å²) < 4.78 is 0. The molecule has 0 saturated heterocycles. The Morgan fingerprint density at radius 3 is 2.35 bits per heavy atom. The standard InChI is InChI=1S/C16H29N/c1-14(2)8-5-9-15(3)10-6-11-16(4)12-7-13-17/h12,14-15H,5-11H2,1-4H3/b16-12+. The van der Waals surface area contributed by atoms with Crippen LogP contribution in [0.4, 0.5) is 0 Å². The van der Waals surface area contributed by atoms with Gasteiger partial charge in [0.05, 0.1) is 12.5 Å². The third-order valence-electron chi connectivity index (χ3n) is 3.29. The van der Waals surface area contributed by atoms with Crippen molar-refractivity contribution in [3.8, 4) is 6.07 Å². The maximum Gasteiger partial charge on any atom is 0.0663 e. The molecule has 0 heterocycles. The van der Waals surface area contributed by atoms with E-state index in [0.717, 1.165) is 18.3 Å². The molecule has 0 aliphatic carbocycles. The SMILES string of the molecule is C/C(=C\CC#N)CCCC(C)CCCC(C)C. The molecule has 0 N–H and O–H groups in total. The highest BCUT2D eigenvalue weighted by Crippen LogP contribution is 2.19. The minimum Gasteiger partial charge on any atom is -0.198 e. The molecule has 0 bridgehead atoms. The molecule has 0 amide bonds. The molecule has 0 aromatic heterocycles. The monoisotopic (exact) mass is 235 g/mol. The molecule has 1 unspecified atom stereocenters. The summed E-state index contributed by atoms with van der Waals surface area (Å²) in [6, 6.07) is 2.16. The molecule has 1 heteroatoms. The second-order valence-corrected chi connectivity index (χ2v) is 5.73. The second kappa shape index (κ2) is 10.4. The Labute approximate surface area is 108 Å². The molecule has 98 valence electrons. The molecular weight excluding hydrogens is 206 g/mol. The third kappa shape index (κ3) is 11.5. The zero-order valence-electron chi connectivity index (χ0n) is 12.1. The summed E-state index contributed by atoms with van der Waals surface area (Å²) in [5.74, 6) is 1.70. The second-order valence-electron chi connectivity index (χ2n) is 5.73. The highest BCUT2D eigenvalue weighted by atomic mass is 14.2. The van der Waals surface area contributed by atoms with Crippen LogP contribution < -0.4 is 0 Å². The van der Waals surface area contributed by atoms with E-state index >= 15 is 0 Å². The minimum absolute atomic E-state index is 0.565. The molecule has 0 aliphatic rings. The Kier molecular flexibility index (Phi) is 9.92. The lowest BCUT2D eigenvalue weighted by molar-refractivity contribution is 0.427. The fourth-order valence-corrected chi connectivity index (χ4v) is 2.07. The fraction of sp³-hybridized carbons (Fsp3) is 0.812. The number of hydrogen-bond donors (Lipinski definition) is 0. The lowest BCUT2D eigenvalue weighted by atomic mass is 9.94. The first-order valence-corrected chi connectivity index (χ1v) is 7.08. The zero-order valence-corrected chi connectivity index (χ0v) is 12.1. The molecule has 0 aromatic rings. The van der Waals surface area contributed by atoms with Crippen molar-refractivity contribution in [2.24, 2.45) is 11.8 Å². The van der Waals surface area contributed by atoms with Crippen LogP contribution in [0.5, 0.6) is 0 Å². The molecule has 0 aliphatic heterocycles. The van der Waals surface area contributed by atoms with Crippen LogP contribution in [-0.2, 0) is 0 Å². The van der Waals surface area contributed by atoms with Crippen LogP contribution in [0, 0.1) is 23.2 Å². The zero-order chi connectivity index (χ0) is 13.1. The van der Waals surface area contributed by atoms with Gasteiger partial charge in [-0.15, -0.1) is 0 Å². The highest BCUT2D eigenvalue weighted by molar-refractivity contribution is 5.01. The Hall–Kier alpha value is -0.770. The Balaban J connectivity index is 3.51. The first-order chi connectivity index (χ1) is 8.06. The van der Waals surface area contributed by atoms with Gasteiger partial charge < -0.3 is 0 Å². The van der Waals surface area contributed by atoms with Crippen molar-refractivity contribution in [1.82, 2.24) is 0 Å². The van der Waals surface area contributed by atoms with Gasteiger partial charge in [-0.1, -0.05) is 58.1 Å². The van der Waals surface area contributed by atoms with E-state index < -0.39 is 0 Å². The molecule has 0 spiro atoms. The first-order valence-electron chi connectivity index (χ1n) is 7.08. The molecule has 1 atom stereocenters. The van der Waals surface area contributed by atoms with Gasteiger partial charge >= 0.3 is 0 Å². The van der Waals surface area contributed by atoms with E-state index in [-0.39, 0.29) is 0 Å². The van der Waals surface area contributed by atoms with Crippen LogP contribution in [0.2, 0.25) is 0 Å². The number of rotatable bonds is 9.